The van der Waals surface area contributed by atoms with Crippen molar-refractivity contribution in [1.29, 1.82) is 0 Å². The molecule has 3 rings (SSSR count). The summed E-state index contributed by atoms with van der Waals surface area (Å²) in [5.74, 6) is -0.378. The first-order chi connectivity index (χ1) is 12.1. The largest absolute Gasteiger partial charge is 0.369 e. The van der Waals surface area contributed by atoms with E-state index in [0.717, 1.165) is 38.4 Å². The molecular weight excluding hydrogens is 310 g/mol. The van der Waals surface area contributed by atoms with Crippen LogP contribution in [-0.2, 0) is 0 Å². The summed E-state index contributed by atoms with van der Waals surface area (Å²) in [4.78, 5) is 16.0. The first-order valence-corrected chi connectivity index (χ1v) is 8.71. The second-order valence-corrected chi connectivity index (χ2v) is 6.58. The topological polar surface area (TPSA) is 49.6 Å². The van der Waals surface area contributed by atoms with Crippen LogP contribution in [-0.4, -0.2) is 43.5 Å². The first kappa shape index (κ1) is 17.2. The van der Waals surface area contributed by atoms with E-state index in [1.54, 1.807) is 12.1 Å². The highest BCUT2D eigenvalue weighted by molar-refractivity contribution is 5.93. The van der Waals surface area contributed by atoms with Gasteiger partial charge >= 0.3 is 0 Å². The Labute approximate surface area is 149 Å². The van der Waals surface area contributed by atoms with Crippen LogP contribution in [0, 0.1) is 0 Å². The maximum Gasteiger partial charge on any atom is 0.248 e. The minimum absolute atomic E-state index is 0.378. The molecule has 1 amide bonds. The van der Waals surface area contributed by atoms with Gasteiger partial charge in [-0.1, -0.05) is 42.0 Å². The van der Waals surface area contributed by atoms with E-state index in [1.165, 1.54) is 11.1 Å². The summed E-state index contributed by atoms with van der Waals surface area (Å²) in [6.07, 6.45) is 2.26. The molecule has 0 unspecified atom stereocenters. The van der Waals surface area contributed by atoms with Gasteiger partial charge in [-0.3, -0.25) is 9.69 Å². The Morgan fingerprint density at radius 3 is 2.24 bits per heavy atom. The standard InChI is InChI=1S/C21H25N3O/c1-17(15-18-5-3-2-4-6-18)16-23-11-13-24(14-12-23)20-9-7-19(8-10-20)21(22)25/h2-10,15H,11-14,16H2,1H3,(H2,22,25). The number of hydrogen-bond donors (Lipinski definition) is 1. The molecule has 2 aromatic rings. The summed E-state index contributed by atoms with van der Waals surface area (Å²) >= 11 is 0. The van der Waals surface area contributed by atoms with Crippen LogP contribution in [0.25, 0.3) is 6.08 Å². The molecular formula is C21H25N3O. The number of rotatable bonds is 5. The number of hydrogen-bond acceptors (Lipinski definition) is 3. The van der Waals surface area contributed by atoms with Gasteiger partial charge in [-0.25, -0.2) is 0 Å². The van der Waals surface area contributed by atoms with Crippen molar-refractivity contribution in [3.8, 4) is 0 Å². The summed E-state index contributed by atoms with van der Waals surface area (Å²) in [5, 5.41) is 0. The molecule has 0 bridgehead atoms. The molecule has 0 aromatic heterocycles. The van der Waals surface area contributed by atoms with E-state index in [9.17, 15) is 4.79 Å². The van der Waals surface area contributed by atoms with E-state index >= 15 is 0 Å². The third kappa shape index (κ3) is 4.70. The third-order valence-corrected chi connectivity index (χ3v) is 4.57. The Balaban J connectivity index is 1.53. The monoisotopic (exact) mass is 335 g/mol. The molecule has 0 radical (unpaired) electrons. The minimum atomic E-state index is -0.378. The fraction of sp³-hybridized carbons (Fsp3) is 0.286. The van der Waals surface area contributed by atoms with Gasteiger partial charge in [0.1, 0.15) is 0 Å². The smallest absolute Gasteiger partial charge is 0.248 e. The van der Waals surface area contributed by atoms with E-state index in [0.29, 0.717) is 5.56 Å². The van der Waals surface area contributed by atoms with Crippen LogP contribution in [0.2, 0.25) is 0 Å². The van der Waals surface area contributed by atoms with Crippen molar-refractivity contribution < 1.29 is 4.79 Å². The lowest BCUT2D eigenvalue weighted by atomic mass is 10.1. The lowest BCUT2D eigenvalue weighted by Crippen LogP contribution is -2.46. The molecule has 130 valence electrons. The van der Waals surface area contributed by atoms with Crippen molar-refractivity contribution >= 4 is 17.7 Å². The van der Waals surface area contributed by atoms with Gasteiger partial charge in [0.25, 0.3) is 0 Å². The third-order valence-electron chi connectivity index (χ3n) is 4.57. The zero-order valence-corrected chi connectivity index (χ0v) is 14.7. The molecule has 0 aliphatic carbocycles. The predicted molar refractivity (Wildman–Crippen MR) is 104 cm³/mol. The molecule has 1 saturated heterocycles. The molecule has 0 saturated carbocycles. The van der Waals surface area contributed by atoms with Gasteiger partial charge < -0.3 is 10.6 Å². The van der Waals surface area contributed by atoms with Crippen molar-refractivity contribution in [3.63, 3.8) is 0 Å². The minimum Gasteiger partial charge on any atom is -0.369 e. The van der Waals surface area contributed by atoms with Crippen LogP contribution >= 0.6 is 0 Å². The molecule has 1 aliphatic heterocycles. The number of benzene rings is 2. The zero-order valence-electron chi connectivity index (χ0n) is 14.7. The maximum atomic E-state index is 11.2. The van der Waals surface area contributed by atoms with Gasteiger partial charge in [-0.15, -0.1) is 0 Å². The average Bonchev–Trinajstić information content (AvgIpc) is 2.63. The number of amides is 1. The Morgan fingerprint density at radius 1 is 1.00 bits per heavy atom. The van der Waals surface area contributed by atoms with Gasteiger partial charge in [0.05, 0.1) is 0 Å². The highest BCUT2D eigenvalue weighted by atomic mass is 16.1. The number of anilines is 1. The fourth-order valence-electron chi connectivity index (χ4n) is 3.23. The molecule has 4 heteroatoms. The first-order valence-electron chi connectivity index (χ1n) is 8.71. The summed E-state index contributed by atoms with van der Waals surface area (Å²) in [6.45, 7) is 7.27. The van der Waals surface area contributed by atoms with Crippen molar-refractivity contribution in [2.24, 2.45) is 5.73 Å². The van der Waals surface area contributed by atoms with E-state index < -0.39 is 0 Å². The maximum absolute atomic E-state index is 11.2. The number of nitrogens with two attached hydrogens (primary N) is 1. The Morgan fingerprint density at radius 2 is 1.64 bits per heavy atom. The number of carbonyl (C=O) groups excluding carboxylic acids is 1. The molecule has 25 heavy (non-hydrogen) atoms. The van der Waals surface area contributed by atoms with E-state index in [1.807, 2.05) is 18.2 Å². The van der Waals surface area contributed by atoms with Crippen LogP contribution in [0.1, 0.15) is 22.8 Å². The van der Waals surface area contributed by atoms with E-state index in [2.05, 4.69) is 47.1 Å². The van der Waals surface area contributed by atoms with Gasteiger partial charge in [0.15, 0.2) is 0 Å². The molecule has 1 aliphatic rings. The van der Waals surface area contributed by atoms with Crippen molar-refractivity contribution in [1.82, 2.24) is 4.90 Å². The highest BCUT2D eigenvalue weighted by Crippen LogP contribution is 2.18. The van der Waals surface area contributed by atoms with Gasteiger partial charge in [0.2, 0.25) is 5.91 Å². The molecule has 0 spiro atoms. The Kier molecular flexibility index (Phi) is 5.51. The number of carbonyl (C=O) groups is 1. The van der Waals surface area contributed by atoms with Crippen LogP contribution in [0.15, 0.2) is 60.2 Å². The van der Waals surface area contributed by atoms with Crippen LogP contribution < -0.4 is 10.6 Å². The van der Waals surface area contributed by atoms with E-state index in [-0.39, 0.29) is 5.91 Å². The van der Waals surface area contributed by atoms with E-state index in [4.69, 9.17) is 5.73 Å². The second kappa shape index (κ2) is 7.99. The van der Waals surface area contributed by atoms with Gasteiger partial charge in [-0.05, 0) is 36.8 Å². The molecule has 0 atom stereocenters. The van der Waals surface area contributed by atoms with Crippen molar-refractivity contribution in [3.05, 3.63) is 71.3 Å². The summed E-state index contributed by atoms with van der Waals surface area (Å²) in [7, 11) is 0. The quantitative estimate of drug-likeness (QED) is 0.914. The van der Waals surface area contributed by atoms with Crippen molar-refractivity contribution in [2.45, 2.75) is 6.92 Å². The number of piperazine rings is 1. The number of nitrogens with zero attached hydrogens (tertiary/aromatic N) is 2. The van der Waals surface area contributed by atoms with Crippen molar-refractivity contribution in [2.75, 3.05) is 37.6 Å². The SMILES string of the molecule is CC(=Cc1ccccc1)CN1CCN(c2ccc(C(N)=O)cc2)CC1. The molecule has 2 N–H and O–H groups in total. The zero-order chi connectivity index (χ0) is 17.6. The predicted octanol–water partition coefficient (Wildman–Crippen LogP) is 3.01. The van der Waals surface area contributed by atoms with Crippen LogP contribution in [0.5, 0.6) is 0 Å². The second-order valence-electron chi connectivity index (χ2n) is 6.58. The van der Waals surface area contributed by atoms with Crippen LogP contribution in [0.3, 0.4) is 0 Å². The molecule has 1 heterocycles. The fourth-order valence-corrected chi connectivity index (χ4v) is 3.23. The van der Waals surface area contributed by atoms with Gasteiger partial charge in [-0.2, -0.15) is 0 Å². The summed E-state index contributed by atoms with van der Waals surface area (Å²) in [5.41, 5.74) is 9.65. The normalized spacial score (nSPS) is 16.0. The van der Waals surface area contributed by atoms with Crippen LogP contribution in [0.4, 0.5) is 5.69 Å². The highest BCUT2D eigenvalue weighted by Gasteiger charge is 2.17. The molecule has 4 nitrogen and oxygen atoms in total. The average molecular weight is 335 g/mol. The lowest BCUT2D eigenvalue weighted by Gasteiger charge is -2.36. The lowest BCUT2D eigenvalue weighted by molar-refractivity contribution is 0.100. The molecule has 1 fully saturated rings. The summed E-state index contributed by atoms with van der Waals surface area (Å²) in [6, 6.07) is 18.0. The van der Waals surface area contributed by atoms with Gasteiger partial charge in [0, 0.05) is 44.0 Å². The number of primary amides is 1. The molecule has 2 aromatic carbocycles. The Bertz CT molecular complexity index is 729. The Hall–Kier alpha value is -2.59. The summed E-state index contributed by atoms with van der Waals surface area (Å²) < 4.78 is 0.